The van der Waals surface area contributed by atoms with Gasteiger partial charge in [0.1, 0.15) is 0 Å². The zero-order chi connectivity index (χ0) is 23.4. The summed E-state index contributed by atoms with van der Waals surface area (Å²) in [5.74, 6) is 0. The van der Waals surface area contributed by atoms with Crippen molar-refractivity contribution in [3.8, 4) is 0 Å². The highest BCUT2D eigenvalue weighted by atomic mass is 16.9. The smallest absolute Gasteiger partial charge is 0.0942 e. The zero-order valence-electron chi connectivity index (χ0n) is 21.5. The van der Waals surface area contributed by atoms with E-state index in [1.54, 1.807) is 0 Å². The quantitative estimate of drug-likeness (QED) is 0.0946. The zero-order valence-corrected chi connectivity index (χ0v) is 21.5. The van der Waals surface area contributed by atoms with Crippen LogP contribution in [0.15, 0.2) is 0 Å². The molecule has 5 heteroatoms. The lowest BCUT2D eigenvalue weighted by atomic mass is 10.0. The second-order valence-electron chi connectivity index (χ2n) is 9.24. The molecule has 0 fully saturated rings. The molecular weight excluding hydrogens is 402 g/mol. The highest BCUT2D eigenvalue weighted by Gasteiger charge is 2.05. The van der Waals surface area contributed by atoms with E-state index >= 15 is 0 Å². The van der Waals surface area contributed by atoms with E-state index in [-0.39, 0.29) is 26.4 Å². The van der Waals surface area contributed by atoms with Crippen LogP contribution in [0.25, 0.3) is 0 Å². The van der Waals surface area contributed by atoms with Crippen LogP contribution in [0.2, 0.25) is 0 Å². The van der Waals surface area contributed by atoms with Gasteiger partial charge in [0, 0.05) is 0 Å². The van der Waals surface area contributed by atoms with E-state index in [4.69, 9.17) is 19.9 Å². The fraction of sp³-hybridized carbons (Fsp3) is 1.00. The number of aliphatic hydroxyl groups is 2. The van der Waals surface area contributed by atoms with E-state index in [0.717, 1.165) is 6.42 Å². The van der Waals surface area contributed by atoms with Crippen LogP contribution in [0.1, 0.15) is 142 Å². The number of hydrogen-bond donors (Lipinski definition) is 2. The summed E-state index contributed by atoms with van der Waals surface area (Å²) in [7, 11) is 0. The molecule has 2 N–H and O–H groups in total. The van der Waals surface area contributed by atoms with Crippen molar-refractivity contribution in [2.75, 3.05) is 33.0 Å². The summed E-state index contributed by atoms with van der Waals surface area (Å²) in [4.78, 5) is 10.6. The van der Waals surface area contributed by atoms with Crippen molar-refractivity contribution in [1.29, 1.82) is 0 Å². The predicted molar refractivity (Wildman–Crippen MR) is 135 cm³/mol. The largest absolute Gasteiger partial charge is 0.394 e. The maximum atomic E-state index is 8.83. The Bertz CT molecular complexity index is 323. The molecule has 0 radical (unpaired) electrons. The summed E-state index contributed by atoms with van der Waals surface area (Å²) in [6, 6.07) is 0. The Hall–Kier alpha value is -0.200. The number of nitrogens with zero attached hydrogens (tertiary/aromatic N) is 1. The average molecular weight is 460 g/mol. The summed E-state index contributed by atoms with van der Waals surface area (Å²) in [5, 5.41) is 19.1. The van der Waals surface area contributed by atoms with Gasteiger partial charge in [0.15, 0.2) is 0 Å². The van der Waals surface area contributed by atoms with Crippen LogP contribution in [0.3, 0.4) is 0 Å². The maximum absolute atomic E-state index is 8.83. The first kappa shape index (κ1) is 31.8. The number of unbranched alkanes of at least 4 members (excludes halogenated alkanes) is 20. The van der Waals surface area contributed by atoms with Gasteiger partial charge in [-0.1, -0.05) is 141 Å². The molecule has 5 nitrogen and oxygen atoms in total. The van der Waals surface area contributed by atoms with Crippen LogP contribution in [0.4, 0.5) is 0 Å². The Labute approximate surface area is 200 Å². The fourth-order valence-electron chi connectivity index (χ4n) is 4.12. The second-order valence-corrected chi connectivity index (χ2v) is 9.24. The highest BCUT2D eigenvalue weighted by molar-refractivity contribution is 4.51. The maximum Gasteiger partial charge on any atom is 0.0942 e. The molecule has 32 heavy (non-hydrogen) atoms. The van der Waals surface area contributed by atoms with Crippen molar-refractivity contribution in [1.82, 2.24) is 5.23 Å². The first-order valence-corrected chi connectivity index (χ1v) is 14.1. The minimum Gasteiger partial charge on any atom is -0.394 e. The SMILES string of the molecule is CCCCCCCCCCCCCCCCCCCCCCCN(OCCO)OCCO. The number of hydrogen-bond acceptors (Lipinski definition) is 5. The fourth-order valence-corrected chi connectivity index (χ4v) is 4.12. The van der Waals surface area contributed by atoms with Crippen LogP contribution in [0.5, 0.6) is 0 Å². The molecule has 0 saturated heterocycles. The number of aliphatic hydroxyl groups excluding tert-OH is 2. The van der Waals surface area contributed by atoms with Crippen molar-refractivity contribution in [3.63, 3.8) is 0 Å². The normalized spacial score (nSPS) is 11.6. The van der Waals surface area contributed by atoms with Gasteiger partial charge in [-0.25, -0.2) is 0 Å². The molecule has 0 bridgehead atoms. The molecule has 0 aliphatic heterocycles. The molecular formula is C27H57NO4. The molecule has 194 valence electrons. The predicted octanol–water partition coefficient (Wildman–Crippen LogP) is 7.35. The van der Waals surface area contributed by atoms with Gasteiger partial charge in [-0.15, -0.1) is 0 Å². The standard InChI is InChI=1S/C27H57NO4/c1-2-3-4-5-6-7-8-9-10-11-12-13-14-15-16-17-18-19-20-21-22-23-28(31-26-24-29)32-27-25-30/h29-30H,2-27H2,1H3. The van der Waals surface area contributed by atoms with Gasteiger partial charge >= 0.3 is 0 Å². The Kier molecular flexibility index (Phi) is 28.7. The summed E-state index contributed by atoms with van der Waals surface area (Å²) >= 11 is 0. The van der Waals surface area contributed by atoms with Crippen LogP contribution >= 0.6 is 0 Å². The minimum atomic E-state index is -0.0295. The molecule has 0 aromatic heterocycles. The van der Waals surface area contributed by atoms with Gasteiger partial charge in [0.2, 0.25) is 0 Å². The van der Waals surface area contributed by atoms with Gasteiger partial charge in [-0.3, -0.25) is 9.68 Å². The molecule has 0 unspecified atom stereocenters. The van der Waals surface area contributed by atoms with Gasteiger partial charge in [-0.05, 0) is 6.42 Å². The first-order valence-electron chi connectivity index (χ1n) is 14.1. The molecule has 0 amide bonds. The van der Waals surface area contributed by atoms with Crippen LogP contribution < -0.4 is 0 Å². The number of rotatable bonds is 28. The monoisotopic (exact) mass is 459 g/mol. The molecule has 0 saturated carbocycles. The van der Waals surface area contributed by atoms with Gasteiger partial charge in [-0.2, -0.15) is 0 Å². The van der Waals surface area contributed by atoms with Crippen LogP contribution in [-0.2, 0) is 9.68 Å². The second kappa shape index (κ2) is 28.8. The van der Waals surface area contributed by atoms with E-state index in [1.807, 2.05) is 0 Å². The third-order valence-electron chi connectivity index (χ3n) is 6.10. The lowest BCUT2D eigenvalue weighted by Gasteiger charge is -2.20. The summed E-state index contributed by atoms with van der Waals surface area (Å²) in [6.45, 7) is 3.36. The van der Waals surface area contributed by atoms with Crippen molar-refractivity contribution in [2.24, 2.45) is 0 Å². The topological polar surface area (TPSA) is 62.2 Å². The minimum absolute atomic E-state index is 0.0295. The molecule has 0 spiro atoms. The Morgan fingerprint density at radius 3 is 1.00 bits per heavy atom. The lowest BCUT2D eigenvalue weighted by Crippen LogP contribution is -2.28. The third kappa shape index (κ3) is 26.1. The molecule has 0 aromatic carbocycles. The van der Waals surface area contributed by atoms with Gasteiger partial charge in [0.05, 0.1) is 33.0 Å². The van der Waals surface area contributed by atoms with Crippen molar-refractivity contribution < 1.29 is 19.9 Å². The average Bonchev–Trinajstić information content (AvgIpc) is 2.81. The summed E-state index contributed by atoms with van der Waals surface area (Å²) in [5.41, 5.74) is 0. The molecule has 0 aromatic rings. The van der Waals surface area contributed by atoms with Crippen molar-refractivity contribution in [2.45, 2.75) is 142 Å². The van der Waals surface area contributed by atoms with Gasteiger partial charge in [0.25, 0.3) is 0 Å². The summed E-state index contributed by atoms with van der Waals surface area (Å²) < 4.78 is 0. The van der Waals surface area contributed by atoms with Crippen LogP contribution in [-0.4, -0.2) is 48.4 Å². The molecule has 0 rings (SSSR count). The Morgan fingerprint density at radius 2 is 0.719 bits per heavy atom. The molecule has 0 atom stereocenters. The molecule has 0 aliphatic rings. The van der Waals surface area contributed by atoms with Crippen LogP contribution in [0, 0.1) is 0 Å². The molecule has 0 heterocycles. The highest BCUT2D eigenvalue weighted by Crippen LogP contribution is 2.15. The van der Waals surface area contributed by atoms with E-state index in [0.29, 0.717) is 6.54 Å². The molecule has 0 aliphatic carbocycles. The first-order chi connectivity index (χ1) is 15.8. The van der Waals surface area contributed by atoms with Crippen molar-refractivity contribution >= 4 is 0 Å². The third-order valence-corrected chi connectivity index (χ3v) is 6.10. The Morgan fingerprint density at radius 1 is 0.438 bits per heavy atom. The lowest BCUT2D eigenvalue weighted by molar-refractivity contribution is -0.371. The van der Waals surface area contributed by atoms with E-state index < -0.39 is 0 Å². The van der Waals surface area contributed by atoms with E-state index in [2.05, 4.69) is 6.92 Å². The van der Waals surface area contributed by atoms with Crippen molar-refractivity contribution in [3.05, 3.63) is 0 Å². The van der Waals surface area contributed by atoms with E-state index in [1.165, 1.54) is 134 Å². The van der Waals surface area contributed by atoms with E-state index in [9.17, 15) is 0 Å². The number of hydroxylamine groups is 2. The van der Waals surface area contributed by atoms with Gasteiger partial charge < -0.3 is 10.2 Å². The Balaban J connectivity index is 3.19. The summed E-state index contributed by atoms with van der Waals surface area (Å²) in [6.07, 6.45) is 29.0.